The first kappa shape index (κ1) is 12.1. The van der Waals surface area contributed by atoms with Crippen molar-refractivity contribution in [3.05, 3.63) is 10.4 Å². The third-order valence-electron chi connectivity index (χ3n) is 3.38. The van der Waals surface area contributed by atoms with Crippen molar-refractivity contribution in [3.8, 4) is 0 Å². The monoisotopic (exact) mass is 286 g/mol. The Hall–Kier alpha value is -0.325. The van der Waals surface area contributed by atoms with Gasteiger partial charge < -0.3 is 14.3 Å². The van der Waals surface area contributed by atoms with E-state index < -0.39 is 0 Å². The predicted molar refractivity (Wildman–Crippen MR) is 66.7 cm³/mol. The molecule has 0 aliphatic carbocycles. The number of aromatic nitrogens is 2. The molecule has 1 N–H and O–H groups in total. The minimum Gasteiger partial charge on any atom is -0.398 e. The van der Waals surface area contributed by atoms with Crippen molar-refractivity contribution in [1.29, 1.82) is 0 Å². The number of aryl methyl sites for hydroxylation is 1. The maximum absolute atomic E-state index is 5.93. The first-order valence-corrected chi connectivity index (χ1v) is 6.10. The summed E-state index contributed by atoms with van der Waals surface area (Å²) in [6.07, 6.45) is 0. The molecule has 1 aliphatic heterocycles. The van der Waals surface area contributed by atoms with Crippen molar-refractivity contribution in [1.82, 2.24) is 9.97 Å². The van der Waals surface area contributed by atoms with Gasteiger partial charge in [-0.15, -0.1) is 0 Å². The summed E-state index contributed by atoms with van der Waals surface area (Å²) in [5.41, 5.74) is 1.14. The van der Waals surface area contributed by atoms with Gasteiger partial charge in [-0.3, -0.25) is 0 Å². The molecule has 6 heteroatoms. The highest BCUT2D eigenvalue weighted by Crippen LogP contribution is 2.36. The Morgan fingerprint density at radius 2 is 1.69 bits per heavy atom. The molecule has 1 aliphatic rings. The largest absolute Gasteiger partial charge is 0.514 e. The van der Waals surface area contributed by atoms with Gasteiger partial charge in [-0.05, 0) is 50.5 Å². The minimum atomic E-state index is -0.371. The van der Waals surface area contributed by atoms with Crippen LogP contribution in [0.5, 0.6) is 0 Å². The molecule has 0 bridgehead atoms. The topological polar surface area (TPSA) is 47.1 Å². The fourth-order valence-corrected chi connectivity index (χ4v) is 2.11. The molecular formula is C10H16BBrN2O2. The third kappa shape index (κ3) is 1.83. The molecule has 16 heavy (non-hydrogen) atoms. The summed E-state index contributed by atoms with van der Waals surface area (Å²) in [6, 6.07) is 0. The molecule has 0 unspecified atom stereocenters. The fraction of sp³-hybridized carbons (Fsp3) is 0.700. The molecule has 88 valence electrons. The molecular weight excluding hydrogens is 271 g/mol. The Labute approximate surface area is 104 Å². The van der Waals surface area contributed by atoms with Gasteiger partial charge in [-0.25, -0.2) is 4.98 Å². The summed E-state index contributed by atoms with van der Waals surface area (Å²) in [6.45, 7) is 10.1. The van der Waals surface area contributed by atoms with Crippen molar-refractivity contribution >= 4 is 28.6 Å². The maximum atomic E-state index is 5.93. The van der Waals surface area contributed by atoms with E-state index in [1.807, 2.05) is 34.6 Å². The van der Waals surface area contributed by atoms with Crippen LogP contribution in [-0.4, -0.2) is 28.3 Å². The second-order valence-corrected chi connectivity index (χ2v) is 5.87. The van der Waals surface area contributed by atoms with Crippen LogP contribution in [0, 0.1) is 6.92 Å². The van der Waals surface area contributed by atoms with Crippen LogP contribution in [0.15, 0.2) is 4.73 Å². The molecule has 2 rings (SSSR count). The zero-order valence-corrected chi connectivity index (χ0v) is 11.8. The van der Waals surface area contributed by atoms with Gasteiger partial charge in [0.15, 0.2) is 4.73 Å². The third-order valence-corrected chi connectivity index (χ3v) is 3.76. The van der Waals surface area contributed by atoms with E-state index in [9.17, 15) is 0 Å². The lowest BCUT2D eigenvalue weighted by atomic mass is 9.83. The van der Waals surface area contributed by atoms with Crippen LogP contribution in [0.2, 0.25) is 0 Å². The summed E-state index contributed by atoms with van der Waals surface area (Å²) in [7, 11) is -0.371. The van der Waals surface area contributed by atoms with E-state index in [0.717, 1.165) is 11.3 Å². The minimum absolute atomic E-state index is 0.318. The SMILES string of the molecule is Cc1nc(Br)[nH]c1B1OC(C)(C)C(C)(C)O1. The number of halogens is 1. The fourth-order valence-electron chi connectivity index (χ4n) is 1.63. The molecule has 1 saturated heterocycles. The highest BCUT2D eigenvalue weighted by Gasteiger charge is 2.52. The van der Waals surface area contributed by atoms with Crippen molar-refractivity contribution in [3.63, 3.8) is 0 Å². The van der Waals surface area contributed by atoms with Crippen LogP contribution in [-0.2, 0) is 9.31 Å². The molecule has 0 aromatic carbocycles. The summed E-state index contributed by atoms with van der Waals surface area (Å²) in [5, 5.41) is 0. The van der Waals surface area contributed by atoms with Gasteiger partial charge >= 0.3 is 7.12 Å². The Kier molecular flexibility index (Phi) is 2.72. The lowest BCUT2D eigenvalue weighted by Gasteiger charge is -2.32. The molecule has 0 atom stereocenters. The summed E-state index contributed by atoms with van der Waals surface area (Å²) in [4.78, 5) is 7.37. The van der Waals surface area contributed by atoms with Crippen molar-refractivity contribution in [2.45, 2.75) is 45.8 Å². The number of aromatic amines is 1. The average Bonchev–Trinajstić information content (AvgIpc) is 2.51. The predicted octanol–water partition coefficient (Wildman–Crippen LogP) is 1.78. The van der Waals surface area contributed by atoms with Crippen LogP contribution >= 0.6 is 15.9 Å². The molecule has 0 spiro atoms. The van der Waals surface area contributed by atoms with Crippen molar-refractivity contribution in [2.75, 3.05) is 0 Å². The van der Waals surface area contributed by atoms with Gasteiger partial charge in [0.25, 0.3) is 0 Å². The molecule has 1 aromatic heterocycles. The van der Waals surface area contributed by atoms with Gasteiger partial charge in [-0.1, -0.05) is 0 Å². The number of imidazole rings is 1. The Balaban J connectivity index is 2.30. The van der Waals surface area contributed by atoms with Gasteiger partial charge in [0.05, 0.1) is 22.5 Å². The van der Waals surface area contributed by atoms with E-state index >= 15 is 0 Å². The second kappa shape index (κ2) is 3.58. The number of rotatable bonds is 1. The average molecular weight is 287 g/mol. The molecule has 4 nitrogen and oxygen atoms in total. The smallest absolute Gasteiger partial charge is 0.398 e. The lowest BCUT2D eigenvalue weighted by Crippen LogP contribution is -2.41. The number of nitrogens with one attached hydrogen (secondary N) is 1. The van der Waals surface area contributed by atoms with Gasteiger partial charge in [0.2, 0.25) is 0 Å². The summed E-state index contributed by atoms with van der Waals surface area (Å²) < 4.78 is 12.6. The van der Waals surface area contributed by atoms with Gasteiger partial charge in [0, 0.05) is 0 Å². The van der Waals surface area contributed by atoms with Gasteiger partial charge in [0.1, 0.15) is 0 Å². The van der Waals surface area contributed by atoms with Crippen LogP contribution in [0.4, 0.5) is 0 Å². The standard InChI is InChI=1S/C10H16BBrN2O2/c1-6-7(14-8(12)13-6)11-15-9(2,3)10(4,5)16-11/h1-5H3,(H,13,14). The van der Waals surface area contributed by atoms with E-state index in [-0.39, 0.29) is 18.3 Å². The normalized spacial score (nSPS) is 22.8. The zero-order valence-electron chi connectivity index (χ0n) is 10.2. The first-order chi connectivity index (χ1) is 7.23. The highest BCUT2D eigenvalue weighted by atomic mass is 79.9. The van der Waals surface area contributed by atoms with E-state index in [1.54, 1.807) is 0 Å². The lowest BCUT2D eigenvalue weighted by molar-refractivity contribution is 0.00578. The number of nitrogens with zero attached hydrogens (tertiary/aromatic N) is 1. The van der Waals surface area contributed by atoms with Gasteiger partial charge in [-0.2, -0.15) is 0 Å². The van der Waals surface area contributed by atoms with Crippen LogP contribution in [0.25, 0.3) is 0 Å². The molecule has 0 saturated carbocycles. The van der Waals surface area contributed by atoms with Crippen molar-refractivity contribution < 1.29 is 9.31 Å². The van der Waals surface area contributed by atoms with Crippen LogP contribution in [0.1, 0.15) is 33.4 Å². The molecule has 1 fully saturated rings. The quantitative estimate of drug-likeness (QED) is 0.801. The molecule has 0 amide bonds. The molecule has 0 radical (unpaired) electrons. The van der Waals surface area contributed by atoms with E-state index in [0.29, 0.717) is 4.73 Å². The Morgan fingerprint density at radius 3 is 2.06 bits per heavy atom. The van der Waals surface area contributed by atoms with E-state index in [2.05, 4.69) is 25.9 Å². The van der Waals surface area contributed by atoms with Crippen molar-refractivity contribution in [2.24, 2.45) is 0 Å². The maximum Gasteiger partial charge on any atom is 0.514 e. The first-order valence-electron chi connectivity index (χ1n) is 5.30. The second-order valence-electron chi connectivity index (χ2n) is 5.11. The Morgan fingerprint density at radius 1 is 1.19 bits per heavy atom. The van der Waals surface area contributed by atoms with E-state index in [1.165, 1.54) is 0 Å². The zero-order chi connectivity index (χ0) is 12.1. The summed E-state index contributed by atoms with van der Waals surface area (Å²) in [5.74, 6) is 0. The van der Waals surface area contributed by atoms with Crippen LogP contribution in [0.3, 0.4) is 0 Å². The van der Waals surface area contributed by atoms with E-state index in [4.69, 9.17) is 9.31 Å². The molecule has 1 aromatic rings. The summed E-state index contributed by atoms with van der Waals surface area (Å²) >= 11 is 3.31. The highest BCUT2D eigenvalue weighted by molar-refractivity contribution is 9.10. The molecule has 2 heterocycles. The Bertz CT molecular complexity index is 401. The number of hydrogen-bond acceptors (Lipinski definition) is 3. The number of H-pyrrole nitrogens is 1. The number of hydrogen-bond donors (Lipinski definition) is 1. The van der Waals surface area contributed by atoms with Crippen LogP contribution < -0.4 is 5.59 Å².